The van der Waals surface area contributed by atoms with Crippen LogP contribution < -0.4 is 10.1 Å². The van der Waals surface area contributed by atoms with Crippen molar-refractivity contribution in [2.45, 2.75) is 33.4 Å². The molecule has 4 heteroatoms. The second-order valence-electron chi connectivity index (χ2n) is 4.47. The number of rotatable bonds is 6. The molecule has 1 rings (SSSR count). The first-order valence-corrected chi connectivity index (χ1v) is 6.09. The van der Waals surface area contributed by atoms with E-state index in [0.29, 0.717) is 6.54 Å². The highest BCUT2D eigenvalue weighted by molar-refractivity contribution is 5.71. The normalized spacial score (nSPS) is 10.5. The Bertz CT molecular complexity index is 402. The second-order valence-corrected chi connectivity index (χ2v) is 4.47. The molecular formula is C14H21NO3. The number of esters is 1. The average molecular weight is 251 g/mol. The third kappa shape index (κ3) is 4.75. The van der Waals surface area contributed by atoms with Gasteiger partial charge in [0, 0.05) is 12.1 Å². The number of benzene rings is 1. The van der Waals surface area contributed by atoms with Gasteiger partial charge in [-0.3, -0.25) is 0 Å². The van der Waals surface area contributed by atoms with Crippen molar-refractivity contribution < 1.29 is 14.3 Å². The molecule has 4 nitrogen and oxygen atoms in total. The van der Waals surface area contributed by atoms with Gasteiger partial charge in [-0.2, -0.15) is 0 Å². The zero-order valence-electron chi connectivity index (χ0n) is 11.4. The van der Waals surface area contributed by atoms with E-state index < -0.39 is 0 Å². The standard InChI is InChI=1S/C14H21NO3/c1-10(2)18-14(16)9-17-13-6-5-11(3)7-12(13)8-15-4/h5-7,10,15H,8-9H2,1-4H3. The van der Waals surface area contributed by atoms with Crippen molar-refractivity contribution in [1.82, 2.24) is 5.32 Å². The maximum atomic E-state index is 11.4. The Kier molecular flexibility index (Phi) is 5.65. The Morgan fingerprint density at radius 3 is 2.72 bits per heavy atom. The molecule has 0 aliphatic rings. The lowest BCUT2D eigenvalue weighted by atomic mass is 10.1. The molecule has 1 N–H and O–H groups in total. The van der Waals surface area contributed by atoms with E-state index in [1.807, 2.05) is 46.0 Å². The van der Waals surface area contributed by atoms with Gasteiger partial charge in [-0.25, -0.2) is 4.79 Å². The minimum atomic E-state index is -0.346. The molecule has 0 unspecified atom stereocenters. The van der Waals surface area contributed by atoms with Gasteiger partial charge in [-0.15, -0.1) is 0 Å². The summed E-state index contributed by atoms with van der Waals surface area (Å²) in [5.74, 6) is 0.372. The third-order valence-electron chi connectivity index (χ3n) is 2.30. The van der Waals surface area contributed by atoms with Gasteiger partial charge in [0.1, 0.15) is 5.75 Å². The van der Waals surface area contributed by atoms with Gasteiger partial charge in [0.2, 0.25) is 0 Å². The zero-order chi connectivity index (χ0) is 13.5. The predicted octanol–water partition coefficient (Wildman–Crippen LogP) is 2.04. The van der Waals surface area contributed by atoms with Crippen LogP contribution in [0.4, 0.5) is 0 Å². The van der Waals surface area contributed by atoms with Crippen LogP contribution in [0.1, 0.15) is 25.0 Å². The summed E-state index contributed by atoms with van der Waals surface area (Å²) >= 11 is 0. The van der Waals surface area contributed by atoms with Gasteiger partial charge >= 0.3 is 5.97 Å². The number of carbonyl (C=O) groups excluding carboxylic acids is 1. The second kappa shape index (κ2) is 7.01. The fourth-order valence-corrected chi connectivity index (χ4v) is 1.61. The van der Waals surface area contributed by atoms with Crippen molar-refractivity contribution in [1.29, 1.82) is 0 Å². The lowest BCUT2D eigenvalue weighted by Crippen LogP contribution is -2.19. The predicted molar refractivity (Wildman–Crippen MR) is 70.7 cm³/mol. The molecule has 18 heavy (non-hydrogen) atoms. The van der Waals surface area contributed by atoms with Crippen LogP contribution in [0.5, 0.6) is 5.75 Å². The van der Waals surface area contributed by atoms with Gasteiger partial charge < -0.3 is 14.8 Å². The molecule has 0 aromatic heterocycles. The largest absolute Gasteiger partial charge is 0.482 e. The lowest BCUT2D eigenvalue weighted by molar-refractivity contribution is -0.149. The first kappa shape index (κ1) is 14.5. The van der Waals surface area contributed by atoms with E-state index in [2.05, 4.69) is 5.32 Å². The summed E-state index contributed by atoms with van der Waals surface area (Å²) < 4.78 is 10.5. The van der Waals surface area contributed by atoms with Crippen LogP contribution in [0.2, 0.25) is 0 Å². The summed E-state index contributed by atoms with van der Waals surface area (Å²) in [6, 6.07) is 5.88. The smallest absolute Gasteiger partial charge is 0.344 e. The fraction of sp³-hybridized carbons (Fsp3) is 0.500. The van der Waals surface area contributed by atoms with Gasteiger partial charge in [0.15, 0.2) is 6.61 Å². The molecule has 0 spiro atoms. The van der Waals surface area contributed by atoms with Crippen LogP contribution >= 0.6 is 0 Å². The quantitative estimate of drug-likeness (QED) is 0.786. The molecule has 0 aliphatic carbocycles. The Hall–Kier alpha value is -1.55. The first-order valence-electron chi connectivity index (χ1n) is 6.09. The number of ether oxygens (including phenoxy) is 2. The molecule has 1 aromatic rings. The number of hydrogen-bond donors (Lipinski definition) is 1. The van der Waals surface area contributed by atoms with Crippen molar-refractivity contribution in [2.75, 3.05) is 13.7 Å². The van der Waals surface area contributed by atoms with E-state index in [4.69, 9.17) is 9.47 Å². The van der Waals surface area contributed by atoms with E-state index in [0.717, 1.165) is 16.9 Å². The van der Waals surface area contributed by atoms with Crippen LogP contribution in [0, 0.1) is 6.92 Å². The van der Waals surface area contributed by atoms with Crippen LogP contribution in [0.25, 0.3) is 0 Å². The highest BCUT2D eigenvalue weighted by Gasteiger charge is 2.09. The van der Waals surface area contributed by atoms with Crippen LogP contribution in [-0.4, -0.2) is 25.7 Å². The number of hydrogen-bond acceptors (Lipinski definition) is 4. The molecule has 0 fully saturated rings. The molecule has 1 aromatic carbocycles. The molecule has 0 saturated heterocycles. The van der Waals surface area contributed by atoms with Crippen LogP contribution in [-0.2, 0) is 16.1 Å². The molecule has 0 amide bonds. The van der Waals surface area contributed by atoms with E-state index >= 15 is 0 Å². The van der Waals surface area contributed by atoms with Gasteiger partial charge in [0.25, 0.3) is 0 Å². The highest BCUT2D eigenvalue weighted by atomic mass is 16.6. The highest BCUT2D eigenvalue weighted by Crippen LogP contribution is 2.19. The maximum absolute atomic E-state index is 11.4. The minimum Gasteiger partial charge on any atom is -0.482 e. The molecule has 0 radical (unpaired) electrons. The van der Waals surface area contributed by atoms with Crippen molar-refractivity contribution in [3.8, 4) is 5.75 Å². The molecule has 0 heterocycles. The first-order chi connectivity index (χ1) is 8.52. The summed E-state index contributed by atoms with van der Waals surface area (Å²) in [5.41, 5.74) is 2.20. The van der Waals surface area contributed by atoms with Gasteiger partial charge in [-0.05, 0) is 33.9 Å². The number of aryl methyl sites for hydroxylation is 1. The number of carbonyl (C=O) groups is 1. The van der Waals surface area contributed by atoms with Gasteiger partial charge in [-0.1, -0.05) is 17.7 Å². The van der Waals surface area contributed by atoms with Crippen molar-refractivity contribution in [2.24, 2.45) is 0 Å². The summed E-state index contributed by atoms with van der Waals surface area (Å²) in [4.78, 5) is 11.4. The van der Waals surface area contributed by atoms with E-state index in [-0.39, 0.29) is 18.7 Å². The molecule has 0 aliphatic heterocycles. The summed E-state index contributed by atoms with van der Waals surface area (Å²) in [5, 5.41) is 3.08. The summed E-state index contributed by atoms with van der Waals surface area (Å²) in [6.07, 6.45) is -0.115. The average Bonchev–Trinajstić information content (AvgIpc) is 2.27. The molecule has 0 bridgehead atoms. The van der Waals surface area contributed by atoms with Crippen molar-refractivity contribution in [3.63, 3.8) is 0 Å². The maximum Gasteiger partial charge on any atom is 0.344 e. The van der Waals surface area contributed by atoms with Gasteiger partial charge in [0.05, 0.1) is 6.10 Å². The fourth-order valence-electron chi connectivity index (χ4n) is 1.61. The summed E-state index contributed by atoms with van der Waals surface area (Å²) in [7, 11) is 1.87. The third-order valence-corrected chi connectivity index (χ3v) is 2.30. The Balaban J connectivity index is 2.63. The van der Waals surface area contributed by atoms with Crippen LogP contribution in [0.15, 0.2) is 18.2 Å². The van der Waals surface area contributed by atoms with E-state index in [1.165, 1.54) is 0 Å². The Morgan fingerprint density at radius 1 is 1.39 bits per heavy atom. The minimum absolute atomic E-state index is 0.0576. The lowest BCUT2D eigenvalue weighted by Gasteiger charge is -2.13. The molecule has 0 atom stereocenters. The monoisotopic (exact) mass is 251 g/mol. The van der Waals surface area contributed by atoms with E-state index in [9.17, 15) is 4.79 Å². The molecule has 100 valence electrons. The molecular weight excluding hydrogens is 230 g/mol. The molecule has 0 saturated carbocycles. The Labute approximate surface area is 108 Å². The SMILES string of the molecule is CNCc1cc(C)ccc1OCC(=O)OC(C)C. The summed E-state index contributed by atoms with van der Waals surface area (Å²) in [6.45, 7) is 6.30. The van der Waals surface area contributed by atoms with Crippen molar-refractivity contribution >= 4 is 5.97 Å². The Morgan fingerprint density at radius 2 is 2.11 bits per heavy atom. The van der Waals surface area contributed by atoms with E-state index in [1.54, 1.807) is 0 Å². The van der Waals surface area contributed by atoms with Crippen molar-refractivity contribution in [3.05, 3.63) is 29.3 Å². The zero-order valence-corrected chi connectivity index (χ0v) is 11.4. The number of nitrogens with one attached hydrogen (secondary N) is 1. The van der Waals surface area contributed by atoms with Crippen LogP contribution in [0.3, 0.4) is 0 Å². The topological polar surface area (TPSA) is 47.6 Å².